The lowest BCUT2D eigenvalue weighted by Gasteiger charge is -2.13. The zero-order chi connectivity index (χ0) is 16.1. The van der Waals surface area contributed by atoms with Gasteiger partial charge in [-0.1, -0.05) is 58.4 Å². The minimum atomic E-state index is 1.11. The second-order valence-electron chi connectivity index (χ2n) is 6.31. The first-order valence-corrected chi connectivity index (χ1v) is 9.10. The van der Waals surface area contributed by atoms with Crippen LogP contribution in [0.4, 0.5) is 0 Å². The summed E-state index contributed by atoms with van der Waals surface area (Å²) >= 11 is 3.64. The fraction of sp³-hybridized carbons (Fsp3) is 0.0909. The fourth-order valence-corrected chi connectivity index (χ4v) is 4.20. The molecule has 4 aromatic rings. The number of benzene rings is 3. The maximum atomic E-state index is 3.64. The van der Waals surface area contributed by atoms with E-state index in [0.29, 0.717) is 0 Å². The quantitative estimate of drug-likeness (QED) is 0.358. The molecule has 0 amide bonds. The molecule has 0 N–H and O–H groups in total. The highest BCUT2D eigenvalue weighted by Crippen LogP contribution is 2.38. The second kappa shape index (κ2) is 5.35. The van der Waals surface area contributed by atoms with Crippen LogP contribution in [0.2, 0.25) is 0 Å². The molecule has 2 heteroatoms. The largest absolute Gasteiger partial charge is 0.309 e. The molecule has 0 fully saturated rings. The van der Waals surface area contributed by atoms with Crippen LogP contribution in [0.5, 0.6) is 0 Å². The molecule has 24 heavy (non-hydrogen) atoms. The second-order valence-corrected chi connectivity index (χ2v) is 7.22. The highest BCUT2D eigenvalue weighted by molar-refractivity contribution is 9.10. The first kappa shape index (κ1) is 14.1. The topological polar surface area (TPSA) is 4.93 Å². The maximum Gasteiger partial charge on any atom is 0.0552 e. The van der Waals surface area contributed by atoms with Crippen LogP contribution in [-0.2, 0) is 6.42 Å². The number of halogens is 1. The lowest BCUT2D eigenvalue weighted by atomic mass is 9.93. The zero-order valence-electron chi connectivity index (χ0n) is 13.2. The Balaban J connectivity index is 2.01. The molecule has 1 aromatic heterocycles. The number of para-hydroxylation sites is 1. The van der Waals surface area contributed by atoms with Crippen LogP contribution in [0.1, 0.15) is 17.5 Å². The number of hydrogen-bond acceptors (Lipinski definition) is 0. The Labute approximate surface area is 149 Å². The summed E-state index contributed by atoms with van der Waals surface area (Å²) in [6, 6.07) is 21.8. The first-order valence-electron chi connectivity index (χ1n) is 8.30. The van der Waals surface area contributed by atoms with Gasteiger partial charge in [-0.25, -0.2) is 0 Å². The van der Waals surface area contributed by atoms with E-state index in [1.54, 1.807) is 0 Å². The third kappa shape index (κ3) is 1.99. The van der Waals surface area contributed by atoms with Crippen LogP contribution in [-0.4, -0.2) is 4.57 Å². The molecule has 1 heterocycles. The van der Waals surface area contributed by atoms with Gasteiger partial charge < -0.3 is 4.57 Å². The number of aromatic nitrogens is 1. The predicted molar refractivity (Wildman–Crippen MR) is 106 cm³/mol. The molecule has 0 atom stereocenters. The van der Waals surface area contributed by atoms with E-state index in [2.05, 4.69) is 93.3 Å². The van der Waals surface area contributed by atoms with Crippen molar-refractivity contribution in [2.24, 2.45) is 0 Å². The minimum Gasteiger partial charge on any atom is -0.309 e. The summed E-state index contributed by atoms with van der Waals surface area (Å²) in [5.41, 5.74) is 6.58. The average Bonchev–Trinajstić information content (AvgIpc) is 2.96. The van der Waals surface area contributed by atoms with Crippen LogP contribution < -0.4 is 0 Å². The predicted octanol–water partition coefficient (Wildman–Crippen LogP) is 6.51. The Kier molecular flexibility index (Phi) is 3.14. The molecule has 0 unspecified atom stereocenters. The Morgan fingerprint density at radius 1 is 0.875 bits per heavy atom. The van der Waals surface area contributed by atoms with Gasteiger partial charge in [-0.2, -0.15) is 0 Å². The Morgan fingerprint density at radius 2 is 1.75 bits per heavy atom. The van der Waals surface area contributed by atoms with E-state index in [1.165, 1.54) is 38.6 Å². The molecule has 0 bridgehead atoms. The van der Waals surface area contributed by atoms with Crippen molar-refractivity contribution >= 4 is 43.8 Å². The molecule has 116 valence electrons. The van der Waals surface area contributed by atoms with Crippen LogP contribution in [0.25, 0.3) is 33.6 Å². The van der Waals surface area contributed by atoms with E-state index in [0.717, 1.165) is 17.3 Å². The average molecular weight is 374 g/mol. The summed E-state index contributed by atoms with van der Waals surface area (Å²) in [6.07, 6.45) is 6.88. The monoisotopic (exact) mass is 373 g/mol. The van der Waals surface area contributed by atoms with Crippen molar-refractivity contribution in [1.29, 1.82) is 0 Å². The van der Waals surface area contributed by atoms with Crippen LogP contribution >= 0.6 is 15.9 Å². The van der Waals surface area contributed by atoms with Crippen molar-refractivity contribution in [2.75, 3.05) is 0 Å². The molecule has 0 aliphatic heterocycles. The number of aryl methyl sites for hydroxylation is 1. The molecule has 0 spiro atoms. The van der Waals surface area contributed by atoms with Crippen molar-refractivity contribution in [3.05, 3.63) is 82.3 Å². The molecular weight excluding hydrogens is 358 g/mol. The molecule has 1 nitrogen and oxygen atoms in total. The van der Waals surface area contributed by atoms with E-state index < -0.39 is 0 Å². The van der Waals surface area contributed by atoms with Gasteiger partial charge in [-0.05, 0) is 54.3 Å². The van der Waals surface area contributed by atoms with Gasteiger partial charge in [0.2, 0.25) is 0 Å². The molecule has 1 aliphatic rings. The van der Waals surface area contributed by atoms with Gasteiger partial charge in [-0.3, -0.25) is 0 Å². The van der Waals surface area contributed by atoms with Crippen LogP contribution in [0, 0.1) is 0 Å². The zero-order valence-corrected chi connectivity index (χ0v) is 14.8. The van der Waals surface area contributed by atoms with Crippen molar-refractivity contribution in [2.45, 2.75) is 12.8 Å². The summed E-state index contributed by atoms with van der Waals surface area (Å²) in [4.78, 5) is 0. The maximum absolute atomic E-state index is 3.64. The first-order chi connectivity index (χ1) is 11.8. The normalized spacial score (nSPS) is 13.5. The lowest BCUT2D eigenvalue weighted by molar-refractivity contribution is 0.989. The van der Waals surface area contributed by atoms with Crippen molar-refractivity contribution in [1.82, 2.24) is 4.57 Å². The van der Waals surface area contributed by atoms with Crippen molar-refractivity contribution in [3.63, 3.8) is 0 Å². The molecule has 3 aromatic carbocycles. The highest BCUT2D eigenvalue weighted by Gasteiger charge is 2.17. The third-order valence-corrected chi connectivity index (χ3v) is 5.40. The van der Waals surface area contributed by atoms with Crippen molar-refractivity contribution < 1.29 is 0 Å². The van der Waals surface area contributed by atoms with Gasteiger partial charge in [0.1, 0.15) is 0 Å². The van der Waals surface area contributed by atoms with E-state index in [-0.39, 0.29) is 0 Å². The Hall–Kier alpha value is -2.32. The van der Waals surface area contributed by atoms with Gasteiger partial charge in [-0.15, -0.1) is 0 Å². The molecule has 0 saturated heterocycles. The van der Waals surface area contributed by atoms with E-state index >= 15 is 0 Å². The molecule has 0 radical (unpaired) electrons. The molecule has 0 saturated carbocycles. The van der Waals surface area contributed by atoms with Gasteiger partial charge in [0, 0.05) is 20.9 Å². The van der Waals surface area contributed by atoms with Crippen LogP contribution in [0.3, 0.4) is 0 Å². The lowest BCUT2D eigenvalue weighted by Crippen LogP contribution is -1.96. The molecular formula is C22H16BrN. The number of fused-ring (bicyclic) bond motifs is 5. The Morgan fingerprint density at radius 3 is 2.62 bits per heavy atom. The molecule has 1 aliphatic carbocycles. The number of nitrogens with zero attached hydrogens (tertiary/aromatic N) is 1. The standard InChI is InChI=1S/C22H16BrN/c23-16-11-12-19-21(14-16)24(17-7-2-1-3-8-17)20-13-10-15-6-4-5-9-18(15)22(19)20/h1-3,5,7-14H,4,6H2. The molecule has 5 rings (SSSR count). The summed E-state index contributed by atoms with van der Waals surface area (Å²) in [6.45, 7) is 0. The van der Waals surface area contributed by atoms with E-state index in [1.807, 2.05) is 0 Å². The van der Waals surface area contributed by atoms with Gasteiger partial charge in [0.25, 0.3) is 0 Å². The summed E-state index contributed by atoms with van der Waals surface area (Å²) < 4.78 is 3.48. The SMILES string of the molecule is Brc1ccc2c3c4c(ccc3n(-c3ccccc3)c2c1)CCC=C4. The number of allylic oxidation sites excluding steroid dienone is 1. The van der Waals surface area contributed by atoms with Gasteiger partial charge in [0.05, 0.1) is 11.0 Å². The van der Waals surface area contributed by atoms with E-state index in [4.69, 9.17) is 0 Å². The van der Waals surface area contributed by atoms with Gasteiger partial charge >= 0.3 is 0 Å². The summed E-state index contributed by atoms with van der Waals surface area (Å²) in [7, 11) is 0. The minimum absolute atomic E-state index is 1.11. The number of rotatable bonds is 1. The van der Waals surface area contributed by atoms with E-state index in [9.17, 15) is 0 Å². The Bertz CT molecular complexity index is 1100. The summed E-state index contributed by atoms with van der Waals surface area (Å²) in [5, 5.41) is 2.69. The summed E-state index contributed by atoms with van der Waals surface area (Å²) in [5.74, 6) is 0. The van der Waals surface area contributed by atoms with Crippen molar-refractivity contribution in [3.8, 4) is 5.69 Å². The van der Waals surface area contributed by atoms with Crippen LogP contribution in [0.15, 0.2) is 71.2 Å². The smallest absolute Gasteiger partial charge is 0.0552 e. The van der Waals surface area contributed by atoms with Gasteiger partial charge in [0.15, 0.2) is 0 Å². The highest BCUT2D eigenvalue weighted by atomic mass is 79.9. The fourth-order valence-electron chi connectivity index (χ4n) is 3.86. The third-order valence-electron chi connectivity index (χ3n) is 4.90. The number of hydrogen-bond donors (Lipinski definition) is 0.